The first kappa shape index (κ1) is 16.0. The first-order valence-electron chi connectivity index (χ1n) is 7.92. The van der Waals surface area contributed by atoms with E-state index in [4.69, 9.17) is 4.74 Å². The van der Waals surface area contributed by atoms with Gasteiger partial charge in [0.25, 0.3) is 0 Å². The minimum atomic E-state index is -0.313. The van der Waals surface area contributed by atoms with E-state index in [2.05, 4.69) is 17.3 Å². The fourth-order valence-electron chi connectivity index (χ4n) is 3.32. The third kappa shape index (κ3) is 2.98. The number of methoxy groups -OCH3 is 1. The van der Waals surface area contributed by atoms with E-state index in [0.29, 0.717) is 11.4 Å². The minimum absolute atomic E-state index is 0.142. The molecule has 0 aromatic carbocycles. The standard InChI is InChI=1S/C16H27N3O2/c1-5-7-16(8-6-9-17-11-16)15(20)14-13(21-4)10-18-19(14)12(2)3/h10,12,17H,5-9,11H2,1-4H3. The number of rotatable bonds is 6. The van der Waals surface area contributed by atoms with Crippen LogP contribution in [0.15, 0.2) is 6.20 Å². The number of nitrogens with zero attached hydrogens (tertiary/aromatic N) is 2. The van der Waals surface area contributed by atoms with Crippen LogP contribution in [0.5, 0.6) is 5.75 Å². The lowest BCUT2D eigenvalue weighted by Gasteiger charge is -2.36. The summed E-state index contributed by atoms with van der Waals surface area (Å²) in [4.78, 5) is 13.3. The number of Topliss-reactive ketones (excluding diaryl/α,β-unsaturated/α-hetero) is 1. The fraction of sp³-hybridized carbons (Fsp3) is 0.750. The molecule has 2 rings (SSSR count). The molecule has 5 heteroatoms. The molecule has 5 nitrogen and oxygen atoms in total. The molecule has 1 unspecified atom stereocenters. The lowest BCUT2D eigenvalue weighted by molar-refractivity contribution is 0.0700. The molecule has 0 bridgehead atoms. The Morgan fingerprint density at radius 1 is 1.57 bits per heavy atom. The zero-order valence-electron chi connectivity index (χ0n) is 13.6. The largest absolute Gasteiger partial charge is 0.493 e. The van der Waals surface area contributed by atoms with E-state index in [-0.39, 0.29) is 17.2 Å². The summed E-state index contributed by atoms with van der Waals surface area (Å²) >= 11 is 0. The monoisotopic (exact) mass is 293 g/mol. The van der Waals surface area contributed by atoms with Crippen molar-refractivity contribution in [2.45, 2.75) is 52.5 Å². The van der Waals surface area contributed by atoms with Crippen LogP contribution in [0, 0.1) is 5.41 Å². The summed E-state index contributed by atoms with van der Waals surface area (Å²) in [6.07, 6.45) is 5.56. The van der Waals surface area contributed by atoms with Gasteiger partial charge in [-0.2, -0.15) is 5.10 Å². The van der Waals surface area contributed by atoms with Gasteiger partial charge < -0.3 is 10.1 Å². The zero-order chi connectivity index (χ0) is 15.5. The molecule has 1 atom stereocenters. The maximum Gasteiger partial charge on any atom is 0.192 e. The quantitative estimate of drug-likeness (QED) is 0.819. The molecule has 1 fully saturated rings. The molecule has 0 saturated carbocycles. The second-order valence-electron chi connectivity index (χ2n) is 6.24. The minimum Gasteiger partial charge on any atom is -0.493 e. The summed E-state index contributed by atoms with van der Waals surface area (Å²) in [5, 5.41) is 7.74. The molecular weight excluding hydrogens is 266 g/mol. The van der Waals surface area contributed by atoms with Crippen molar-refractivity contribution in [2.75, 3.05) is 20.2 Å². The van der Waals surface area contributed by atoms with Gasteiger partial charge in [0.15, 0.2) is 11.5 Å². The Kier molecular flexibility index (Phi) is 5.04. The summed E-state index contributed by atoms with van der Waals surface area (Å²) in [5.74, 6) is 0.773. The first-order chi connectivity index (χ1) is 10.1. The molecule has 1 aliphatic heterocycles. The lowest BCUT2D eigenvalue weighted by atomic mass is 9.72. The topological polar surface area (TPSA) is 56.1 Å². The average molecular weight is 293 g/mol. The molecular formula is C16H27N3O2. The summed E-state index contributed by atoms with van der Waals surface area (Å²) in [5.41, 5.74) is 0.317. The van der Waals surface area contributed by atoms with Crippen molar-refractivity contribution >= 4 is 5.78 Å². The lowest BCUT2D eigenvalue weighted by Crippen LogP contribution is -2.46. The molecule has 0 amide bonds. The van der Waals surface area contributed by atoms with Crippen molar-refractivity contribution < 1.29 is 9.53 Å². The molecule has 2 heterocycles. The number of hydrogen-bond acceptors (Lipinski definition) is 4. The Labute approximate surface area is 127 Å². The van der Waals surface area contributed by atoms with E-state index < -0.39 is 0 Å². The molecule has 21 heavy (non-hydrogen) atoms. The summed E-state index contributed by atoms with van der Waals surface area (Å²) < 4.78 is 7.19. The third-order valence-electron chi connectivity index (χ3n) is 4.37. The van der Waals surface area contributed by atoms with Crippen LogP contribution in [0.3, 0.4) is 0 Å². The SMILES string of the molecule is CCCC1(C(=O)c2c(OC)cnn2C(C)C)CCCNC1. The van der Waals surface area contributed by atoms with Crippen LogP contribution in [0.1, 0.15) is 63.0 Å². The number of aromatic nitrogens is 2. The molecule has 1 N–H and O–H groups in total. The van der Waals surface area contributed by atoms with Gasteiger partial charge in [-0.3, -0.25) is 9.48 Å². The summed E-state index contributed by atoms with van der Waals surface area (Å²) in [6.45, 7) is 7.97. The number of hydrogen-bond donors (Lipinski definition) is 1. The molecule has 0 aliphatic carbocycles. The van der Waals surface area contributed by atoms with Crippen LogP contribution in [0.4, 0.5) is 0 Å². The van der Waals surface area contributed by atoms with Gasteiger partial charge in [0, 0.05) is 18.0 Å². The summed E-state index contributed by atoms with van der Waals surface area (Å²) in [7, 11) is 1.60. The first-order valence-corrected chi connectivity index (χ1v) is 7.92. The third-order valence-corrected chi connectivity index (χ3v) is 4.37. The van der Waals surface area contributed by atoms with Crippen LogP contribution in [-0.4, -0.2) is 35.8 Å². The highest BCUT2D eigenvalue weighted by Crippen LogP contribution is 2.38. The second kappa shape index (κ2) is 6.60. The van der Waals surface area contributed by atoms with Crippen LogP contribution in [0.25, 0.3) is 0 Å². The Bertz CT molecular complexity index is 482. The smallest absolute Gasteiger partial charge is 0.192 e. The van der Waals surface area contributed by atoms with E-state index in [1.165, 1.54) is 0 Å². The van der Waals surface area contributed by atoms with Gasteiger partial charge in [-0.25, -0.2) is 0 Å². The van der Waals surface area contributed by atoms with E-state index in [1.807, 2.05) is 13.8 Å². The Morgan fingerprint density at radius 2 is 2.33 bits per heavy atom. The predicted molar refractivity (Wildman–Crippen MR) is 82.9 cm³/mol. The second-order valence-corrected chi connectivity index (χ2v) is 6.24. The van der Waals surface area contributed by atoms with Crippen molar-refractivity contribution in [1.82, 2.24) is 15.1 Å². The Balaban J connectivity index is 2.43. The Hall–Kier alpha value is -1.36. The molecule has 1 aromatic heterocycles. The fourth-order valence-corrected chi connectivity index (χ4v) is 3.32. The van der Waals surface area contributed by atoms with Crippen LogP contribution in [0.2, 0.25) is 0 Å². The summed E-state index contributed by atoms with van der Waals surface area (Å²) in [6, 6.07) is 0.142. The highest BCUT2D eigenvalue weighted by Gasteiger charge is 2.42. The maximum atomic E-state index is 13.3. The Morgan fingerprint density at radius 3 is 2.86 bits per heavy atom. The van der Waals surface area contributed by atoms with Gasteiger partial charge in [-0.15, -0.1) is 0 Å². The number of carbonyl (C=O) groups is 1. The van der Waals surface area contributed by atoms with Crippen LogP contribution in [-0.2, 0) is 0 Å². The molecule has 1 saturated heterocycles. The molecule has 0 radical (unpaired) electrons. The van der Waals surface area contributed by atoms with E-state index in [0.717, 1.165) is 38.8 Å². The van der Waals surface area contributed by atoms with Gasteiger partial charge in [0.1, 0.15) is 5.69 Å². The van der Waals surface area contributed by atoms with Gasteiger partial charge in [0.05, 0.1) is 13.3 Å². The predicted octanol–water partition coefficient (Wildman–Crippen LogP) is 2.83. The van der Waals surface area contributed by atoms with E-state index in [9.17, 15) is 4.79 Å². The van der Waals surface area contributed by atoms with Gasteiger partial charge in [-0.1, -0.05) is 13.3 Å². The molecule has 0 spiro atoms. The van der Waals surface area contributed by atoms with Crippen molar-refractivity contribution in [1.29, 1.82) is 0 Å². The number of carbonyl (C=O) groups excluding carboxylic acids is 1. The van der Waals surface area contributed by atoms with Gasteiger partial charge >= 0.3 is 0 Å². The highest BCUT2D eigenvalue weighted by atomic mass is 16.5. The van der Waals surface area contributed by atoms with Crippen LogP contribution >= 0.6 is 0 Å². The number of nitrogens with one attached hydrogen (secondary N) is 1. The zero-order valence-corrected chi connectivity index (χ0v) is 13.6. The molecule has 118 valence electrons. The van der Waals surface area contributed by atoms with E-state index >= 15 is 0 Å². The van der Waals surface area contributed by atoms with Gasteiger partial charge in [-0.05, 0) is 39.7 Å². The normalized spacial score (nSPS) is 22.5. The number of piperidine rings is 1. The number of ketones is 1. The van der Waals surface area contributed by atoms with Gasteiger partial charge in [0.2, 0.25) is 0 Å². The van der Waals surface area contributed by atoms with Crippen molar-refractivity contribution in [2.24, 2.45) is 5.41 Å². The molecule has 1 aliphatic rings. The van der Waals surface area contributed by atoms with E-state index in [1.54, 1.807) is 18.0 Å². The molecule has 1 aromatic rings. The van der Waals surface area contributed by atoms with Crippen molar-refractivity contribution in [3.8, 4) is 5.75 Å². The average Bonchev–Trinajstić information content (AvgIpc) is 2.91. The van der Waals surface area contributed by atoms with Crippen molar-refractivity contribution in [3.05, 3.63) is 11.9 Å². The number of ether oxygens (including phenoxy) is 1. The highest BCUT2D eigenvalue weighted by molar-refractivity contribution is 6.01. The van der Waals surface area contributed by atoms with Crippen LogP contribution < -0.4 is 10.1 Å². The maximum absolute atomic E-state index is 13.3. The van der Waals surface area contributed by atoms with Crippen molar-refractivity contribution in [3.63, 3.8) is 0 Å².